The van der Waals surface area contributed by atoms with E-state index in [1.165, 1.54) is 7.11 Å². The van der Waals surface area contributed by atoms with Crippen LogP contribution in [0, 0.1) is 0 Å². The predicted molar refractivity (Wildman–Crippen MR) is 84.9 cm³/mol. The van der Waals surface area contributed by atoms with Crippen LogP contribution in [0.2, 0.25) is 0 Å². The first-order valence-corrected chi connectivity index (χ1v) is 7.49. The molecule has 20 heavy (non-hydrogen) atoms. The van der Waals surface area contributed by atoms with Gasteiger partial charge in [-0.2, -0.15) is 0 Å². The molecular weight excluding hydrogens is 371 g/mol. The summed E-state index contributed by atoms with van der Waals surface area (Å²) in [5, 5.41) is 0. The van der Waals surface area contributed by atoms with E-state index in [-0.39, 0.29) is 11.9 Å². The minimum absolute atomic E-state index is 0.314. The van der Waals surface area contributed by atoms with Crippen molar-refractivity contribution in [3.63, 3.8) is 0 Å². The van der Waals surface area contributed by atoms with Crippen LogP contribution in [0.5, 0.6) is 0 Å². The number of halogens is 1. The molecule has 2 unspecified atom stereocenters. The first kappa shape index (κ1) is 16.9. The number of methoxy groups -OCH3 is 1. The van der Waals surface area contributed by atoms with Gasteiger partial charge in [-0.25, -0.2) is 0 Å². The topological polar surface area (TPSA) is 52.6 Å². The lowest BCUT2D eigenvalue weighted by atomic mass is 9.89. The Morgan fingerprint density at radius 2 is 1.90 bits per heavy atom. The van der Waals surface area contributed by atoms with Crippen molar-refractivity contribution in [1.82, 2.24) is 0 Å². The minimum atomic E-state index is -0.778. The quantitative estimate of drug-likeness (QED) is 0.426. The van der Waals surface area contributed by atoms with Gasteiger partial charge in [-0.3, -0.25) is 9.59 Å². The molecule has 2 atom stereocenters. The second-order valence-corrected chi connectivity index (χ2v) is 6.99. The van der Waals surface area contributed by atoms with Crippen molar-refractivity contribution in [2.45, 2.75) is 29.6 Å². The van der Waals surface area contributed by atoms with Gasteiger partial charge in [0.15, 0.2) is 0 Å². The van der Waals surface area contributed by atoms with Crippen molar-refractivity contribution < 1.29 is 19.1 Å². The number of hydrogen-bond donors (Lipinski definition) is 0. The molecule has 0 saturated heterocycles. The summed E-state index contributed by atoms with van der Waals surface area (Å²) in [5.74, 6) is -1.13. The molecule has 0 aliphatic carbocycles. The van der Waals surface area contributed by atoms with Crippen LogP contribution >= 0.6 is 22.6 Å². The summed E-state index contributed by atoms with van der Waals surface area (Å²) in [6.45, 7) is 3.84. The number of hydrogen-bond acceptors (Lipinski definition) is 4. The van der Waals surface area contributed by atoms with Crippen LogP contribution in [0.3, 0.4) is 0 Å². The Kier molecular flexibility index (Phi) is 6.45. The number of carbonyl (C=O) groups excluding carboxylic acids is 2. The molecule has 0 heterocycles. The maximum Gasteiger partial charge on any atom is 0.321 e. The Bertz CT molecular complexity index is 456. The molecule has 1 aromatic carbocycles. The molecule has 0 aromatic heterocycles. The minimum Gasteiger partial charge on any atom is -0.468 e. The normalized spacial score (nSPS) is 15.0. The van der Waals surface area contributed by atoms with Gasteiger partial charge in [0, 0.05) is 0 Å². The summed E-state index contributed by atoms with van der Waals surface area (Å²) in [6.07, 6.45) is 0.336. The maximum absolute atomic E-state index is 12.2. The van der Waals surface area contributed by atoms with Crippen LogP contribution in [0.1, 0.15) is 31.7 Å². The molecule has 0 fully saturated rings. The van der Waals surface area contributed by atoms with Crippen molar-refractivity contribution in [2.24, 2.45) is 0 Å². The average Bonchev–Trinajstić information content (AvgIpc) is 2.45. The van der Waals surface area contributed by atoms with E-state index < -0.39 is 9.34 Å². The molecule has 0 radical (unpaired) electrons. The second kappa shape index (κ2) is 7.61. The van der Waals surface area contributed by atoms with E-state index >= 15 is 0 Å². The zero-order valence-electron chi connectivity index (χ0n) is 11.9. The summed E-state index contributed by atoms with van der Waals surface area (Å²) in [7, 11) is 1.35. The largest absolute Gasteiger partial charge is 0.468 e. The maximum atomic E-state index is 12.2. The third-order valence-electron chi connectivity index (χ3n) is 2.97. The van der Waals surface area contributed by atoms with Gasteiger partial charge < -0.3 is 9.47 Å². The second-order valence-electron chi connectivity index (χ2n) is 4.61. The van der Waals surface area contributed by atoms with Gasteiger partial charge in [0.25, 0.3) is 0 Å². The van der Waals surface area contributed by atoms with E-state index in [9.17, 15) is 9.59 Å². The molecular formula is C15H19IO4. The smallest absolute Gasteiger partial charge is 0.321 e. The van der Waals surface area contributed by atoms with Crippen LogP contribution in [0.15, 0.2) is 30.3 Å². The molecule has 0 spiro atoms. The molecule has 0 aliphatic rings. The van der Waals surface area contributed by atoms with Gasteiger partial charge in [-0.05, 0) is 25.8 Å². The lowest BCUT2D eigenvalue weighted by Crippen LogP contribution is -2.34. The highest BCUT2D eigenvalue weighted by molar-refractivity contribution is 14.1. The summed E-state index contributed by atoms with van der Waals surface area (Å²) in [6, 6.07) is 9.35. The Hall–Kier alpha value is -1.11. The Balaban J connectivity index is 3.01. The fraction of sp³-hybridized carbons (Fsp3) is 0.467. The Morgan fingerprint density at radius 1 is 1.30 bits per heavy atom. The van der Waals surface area contributed by atoms with Crippen molar-refractivity contribution in [1.29, 1.82) is 0 Å². The molecule has 1 aromatic rings. The van der Waals surface area contributed by atoms with Gasteiger partial charge in [0.05, 0.1) is 19.6 Å². The fourth-order valence-electron chi connectivity index (χ4n) is 1.94. The third-order valence-corrected chi connectivity index (χ3v) is 3.85. The van der Waals surface area contributed by atoms with E-state index in [0.717, 1.165) is 5.56 Å². The van der Waals surface area contributed by atoms with Crippen molar-refractivity contribution in [2.75, 3.05) is 13.7 Å². The summed E-state index contributed by atoms with van der Waals surface area (Å²) < 4.78 is 9.14. The highest BCUT2D eigenvalue weighted by Gasteiger charge is 2.37. The molecule has 0 saturated carbocycles. The van der Waals surface area contributed by atoms with Crippen molar-refractivity contribution in [3.05, 3.63) is 35.9 Å². The van der Waals surface area contributed by atoms with E-state index in [1.54, 1.807) is 13.8 Å². The van der Waals surface area contributed by atoms with Crippen LogP contribution in [0.4, 0.5) is 0 Å². The van der Waals surface area contributed by atoms with Gasteiger partial charge >= 0.3 is 11.9 Å². The van der Waals surface area contributed by atoms with Crippen LogP contribution < -0.4 is 0 Å². The number of esters is 2. The van der Waals surface area contributed by atoms with E-state index in [4.69, 9.17) is 9.47 Å². The fourth-order valence-corrected chi connectivity index (χ4v) is 2.61. The van der Waals surface area contributed by atoms with Crippen LogP contribution in [-0.4, -0.2) is 29.1 Å². The zero-order chi connectivity index (χ0) is 15.2. The molecule has 4 nitrogen and oxygen atoms in total. The lowest BCUT2D eigenvalue weighted by molar-refractivity contribution is -0.146. The van der Waals surface area contributed by atoms with Crippen LogP contribution in [-0.2, 0) is 19.1 Å². The third kappa shape index (κ3) is 4.47. The molecule has 5 heteroatoms. The summed E-state index contributed by atoms with van der Waals surface area (Å²) >= 11 is 2.02. The van der Waals surface area contributed by atoms with Crippen molar-refractivity contribution in [3.8, 4) is 0 Å². The van der Waals surface area contributed by atoms with Gasteiger partial charge in [-0.15, -0.1) is 0 Å². The van der Waals surface area contributed by atoms with Gasteiger partial charge in [0.1, 0.15) is 3.42 Å². The zero-order valence-corrected chi connectivity index (χ0v) is 14.0. The summed E-state index contributed by atoms with van der Waals surface area (Å²) in [5.41, 5.74) is 0.845. The first-order chi connectivity index (χ1) is 9.42. The molecule has 0 amide bonds. The number of alkyl halides is 1. The SMILES string of the molecule is CCOC(=O)C(CC(C)(I)C(=O)OC)c1ccccc1. The first-order valence-electron chi connectivity index (χ1n) is 6.41. The van der Waals surface area contributed by atoms with E-state index in [2.05, 4.69) is 0 Å². The highest BCUT2D eigenvalue weighted by Crippen LogP contribution is 2.34. The summed E-state index contributed by atoms with van der Waals surface area (Å²) in [4.78, 5) is 24.0. The van der Waals surface area contributed by atoms with E-state index in [0.29, 0.717) is 13.0 Å². The standard InChI is InChI=1S/C15H19IO4/c1-4-20-13(17)12(11-8-6-5-7-9-11)10-15(2,16)14(18)19-3/h5-9,12H,4,10H2,1-3H3. The van der Waals surface area contributed by atoms with Gasteiger partial charge in [0.2, 0.25) is 0 Å². The van der Waals surface area contributed by atoms with E-state index in [1.807, 2.05) is 52.9 Å². The molecule has 0 aliphatic heterocycles. The van der Waals surface area contributed by atoms with Gasteiger partial charge in [-0.1, -0.05) is 52.9 Å². The molecule has 0 N–H and O–H groups in total. The average molecular weight is 390 g/mol. The van der Waals surface area contributed by atoms with Crippen LogP contribution in [0.25, 0.3) is 0 Å². The lowest BCUT2D eigenvalue weighted by Gasteiger charge is -2.25. The Labute approximate surface area is 133 Å². The van der Waals surface area contributed by atoms with Crippen molar-refractivity contribution >= 4 is 34.5 Å². The molecule has 110 valence electrons. The number of carbonyl (C=O) groups is 2. The Morgan fingerprint density at radius 3 is 2.40 bits per heavy atom. The monoisotopic (exact) mass is 390 g/mol. The number of benzene rings is 1. The number of ether oxygens (including phenoxy) is 2. The number of rotatable bonds is 6. The molecule has 1 rings (SSSR count). The highest BCUT2D eigenvalue weighted by atomic mass is 127. The molecule has 0 bridgehead atoms. The predicted octanol–water partition coefficient (Wildman–Crippen LogP) is 3.09.